The predicted molar refractivity (Wildman–Crippen MR) is 121 cm³/mol. The van der Waals surface area contributed by atoms with Gasteiger partial charge in [-0.2, -0.15) is 0 Å². The average Bonchev–Trinajstić information content (AvgIpc) is 2.73. The summed E-state index contributed by atoms with van der Waals surface area (Å²) in [6.07, 6.45) is 2.17. The number of guanidine groups is 1. The van der Waals surface area contributed by atoms with Crippen molar-refractivity contribution in [2.75, 3.05) is 39.9 Å². The summed E-state index contributed by atoms with van der Waals surface area (Å²) in [5.74, 6) is 0.770. The molecule has 0 aliphatic carbocycles. The van der Waals surface area contributed by atoms with E-state index in [1.807, 2.05) is 13.0 Å². The van der Waals surface area contributed by atoms with E-state index in [9.17, 15) is 8.42 Å². The number of rotatable bonds is 10. The molecule has 1 heterocycles. The Morgan fingerprint density at radius 1 is 1.30 bits per heavy atom. The normalized spacial score (nSPS) is 16.8. The second-order valence-electron chi connectivity index (χ2n) is 7.78. The van der Waals surface area contributed by atoms with Gasteiger partial charge in [-0.15, -0.1) is 0 Å². The Bertz CT molecular complexity index is 775. The summed E-state index contributed by atoms with van der Waals surface area (Å²) in [4.78, 5) is 7.41. The van der Waals surface area contributed by atoms with Crippen molar-refractivity contribution in [3.05, 3.63) is 29.8 Å². The van der Waals surface area contributed by atoms with Crippen LogP contribution in [-0.4, -0.2) is 71.3 Å². The van der Waals surface area contributed by atoms with Gasteiger partial charge in [0.2, 0.25) is 10.0 Å². The second kappa shape index (κ2) is 12.2. The van der Waals surface area contributed by atoms with Crippen molar-refractivity contribution < 1.29 is 13.2 Å². The molecule has 170 valence electrons. The van der Waals surface area contributed by atoms with E-state index in [1.165, 1.54) is 7.11 Å². The summed E-state index contributed by atoms with van der Waals surface area (Å²) in [7, 11) is -2.01. The first-order chi connectivity index (χ1) is 14.4. The number of sulfonamides is 1. The van der Waals surface area contributed by atoms with Gasteiger partial charge in [-0.1, -0.05) is 12.1 Å². The molecule has 1 saturated heterocycles. The highest BCUT2D eigenvalue weighted by Crippen LogP contribution is 2.14. The van der Waals surface area contributed by atoms with Crippen LogP contribution in [-0.2, 0) is 21.3 Å². The first-order valence-electron chi connectivity index (χ1n) is 10.7. The Kier molecular flexibility index (Phi) is 10.0. The molecule has 0 atom stereocenters. The summed E-state index contributed by atoms with van der Waals surface area (Å²) < 4.78 is 32.3. The van der Waals surface area contributed by atoms with E-state index in [2.05, 4.69) is 39.1 Å². The molecule has 0 amide bonds. The van der Waals surface area contributed by atoms with Gasteiger partial charge in [-0.3, -0.25) is 0 Å². The van der Waals surface area contributed by atoms with E-state index < -0.39 is 10.0 Å². The van der Waals surface area contributed by atoms with Crippen LogP contribution in [0.25, 0.3) is 0 Å². The third-order valence-electron chi connectivity index (χ3n) is 5.17. The molecule has 1 fully saturated rings. The Hall–Kier alpha value is -1.68. The van der Waals surface area contributed by atoms with E-state index >= 15 is 0 Å². The van der Waals surface area contributed by atoms with Crippen LogP contribution in [0, 0.1) is 0 Å². The van der Waals surface area contributed by atoms with Crippen LogP contribution in [0.4, 0.5) is 0 Å². The van der Waals surface area contributed by atoms with Gasteiger partial charge >= 0.3 is 0 Å². The van der Waals surface area contributed by atoms with Crippen LogP contribution < -0.4 is 15.4 Å². The van der Waals surface area contributed by atoms with Crippen LogP contribution in [0.3, 0.4) is 0 Å². The molecule has 8 nitrogen and oxygen atoms in total. The average molecular weight is 440 g/mol. The highest BCUT2D eigenvalue weighted by molar-refractivity contribution is 7.89. The zero-order chi connectivity index (χ0) is 22.0. The Labute approximate surface area is 181 Å². The van der Waals surface area contributed by atoms with Gasteiger partial charge in [0, 0.05) is 45.4 Å². The van der Waals surface area contributed by atoms with Gasteiger partial charge in [-0.25, -0.2) is 18.1 Å². The summed E-state index contributed by atoms with van der Waals surface area (Å²) in [5.41, 5.74) is 0.844. The van der Waals surface area contributed by atoms with Crippen LogP contribution in [0.1, 0.15) is 39.2 Å². The van der Waals surface area contributed by atoms with Crippen LogP contribution >= 0.6 is 0 Å². The van der Waals surface area contributed by atoms with Crippen LogP contribution in [0.15, 0.2) is 34.2 Å². The van der Waals surface area contributed by atoms with Crippen molar-refractivity contribution in [1.82, 2.24) is 20.3 Å². The Morgan fingerprint density at radius 2 is 2.03 bits per heavy atom. The molecule has 0 spiro atoms. The van der Waals surface area contributed by atoms with E-state index in [4.69, 9.17) is 4.74 Å². The number of nitrogens with one attached hydrogen (secondary N) is 3. The lowest BCUT2D eigenvalue weighted by atomic mass is 10.0. The number of hydrogen-bond donors (Lipinski definition) is 3. The molecule has 0 aromatic heterocycles. The van der Waals surface area contributed by atoms with Crippen LogP contribution in [0.2, 0.25) is 0 Å². The minimum atomic E-state index is -3.55. The lowest BCUT2D eigenvalue weighted by Crippen LogP contribution is -2.49. The second-order valence-corrected chi connectivity index (χ2v) is 9.55. The van der Waals surface area contributed by atoms with Gasteiger partial charge in [0.25, 0.3) is 0 Å². The van der Waals surface area contributed by atoms with Crippen molar-refractivity contribution in [2.45, 2.75) is 57.1 Å². The highest BCUT2D eigenvalue weighted by atomic mass is 32.2. The zero-order valence-corrected chi connectivity index (χ0v) is 19.5. The largest absolute Gasteiger partial charge is 0.383 e. The summed E-state index contributed by atoms with van der Waals surface area (Å²) in [6.45, 7) is 10.4. The summed E-state index contributed by atoms with van der Waals surface area (Å²) in [6, 6.07) is 7.88. The Morgan fingerprint density at radius 3 is 2.67 bits per heavy atom. The SMILES string of the molecule is CCNC(=NCc1cccc(S(=O)(=O)NCCOC)c1)NC1CCN(C(C)C)CC1. The first kappa shape index (κ1) is 24.6. The highest BCUT2D eigenvalue weighted by Gasteiger charge is 2.21. The molecular weight excluding hydrogens is 402 g/mol. The van der Waals surface area contributed by atoms with Gasteiger partial charge < -0.3 is 20.3 Å². The molecule has 0 saturated carbocycles. The van der Waals surface area contributed by atoms with E-state index in [1.54, 1.807) is 18.2 Å². The van der Waals surface area contributed by atoms with Crippen molar-refractivity contribution in [3.8, 4) is 0 Å². The van der Waals surface area contributed by atoms with Gasteiger partial charge in [-0.05, 0) is 51.3 Å². The molecule has 3 N–H and O–H groups in total. The van der Waals surface area contributed by atoms with Crippen LogP contribution in [0.5, 0.6) is 0 Å². The molecule has 1 aliphatic rings. The molecule has 0 bridgehead atoms. The molecule has 9 heteroatoms. The molecule has 1 aliphatic heterocycles. The number of benzene rings is 1. The van der Waals surface area contributed by atoms with E-state index in [-0.39, 0.29) is 11.4 Å². The molecule has 1 aromatic carbocycles. The van der Waals surface area contributed by atoms with Gasteiger partial charge in [0.15, 0.2) is 5.96 Å². The number of methoxy groups -OCH3 is 1. The summed E-state index contributed by atoms with van der Waals surface area (Å²) in [5, 5.41) is 6.83. The van der Waals surface area contributed by atoms with Crippen molar-refractivity contribution in [3.63, 3.8) is 0 Å². The van der Waals surface area contributed by atoms with Crippen molar-refractivity contribution >= 4 is 16.0 Å². The monoisotopic (exact) mass is 439 g/mol. The quantitative estimate of drug-likeness (QED) is 0.291. The standard InChI is InChI=1S/C21H37N5O3S/c1-5-22-21(25-19-9-12-26(13-10-19)17(2)3)23-16-18-7-6-8-20(15-18)30(27,28)24-11-14-29-4/h6-8,15,17,19,24H,5,9-14,16H2,1-4H3,(H2,22,23,25). The predicted octanol–water partition coefficient (Wildman–Crippen LogP) is 1.54. The van der Waals surface area contributed by atoms with E-state index in [0.29, 0.717) is 25.2 Å². The molecule has 2 rings (SSSR count). The maximum atomic E-state index is 12.4. The molecule has 1 aromatic rings. The number of piperidine rings is 1. The molecule has 0 unspecified atom stereocenters. The third kappa shape index (κ3) is 7.86. The molecule has 0 radical (unpaired) electrons. The smallest absolute Gasteiger partial charge is 0.240 e. The van der Waals surface area contributed by atoms with Gasteiger partial charge in [0.05, 0.1) is 18.0 Å². The van der Waals surface area contributed by atoms with Crippen molar-refractivity contribution in [1.29, 1.82) is 0 Å². The summed E-state index contributed by atoms with van der Waals surface area (Å²) >= 11 is 0. The first-order valence-corrected chi connectivity index (χ1v) is 12.2. The molecule has 30 heavy (non-hydrogen) atoms. The minimum Gasteiger partial charge on any atom is -0.383 e. The lowest BCUT2D eigenvalue weighted by molar-refractivity contribution is 0.167. The van der Waals surface area contributed by atoms with Crippen molar-refractivity contribution in [2.24, 2.45) is 4.99 Å². The maximum Gasteiger partial charge on any atom is 0.240 e. The fourth-order valence-corrected chi connectivity index (χ4v) is 4.50. The Balaban J connectivity index is 1.99. The minimum absolute atomic E-state index is 0.241. The molecular formula is C21H37N5O3S. The number of likely N-dealkylation sites (tertiary alicyclic amines) is 1. The number of aliphatic imine (C=N–C) groups is 1. The fraction of sp³-hybridized carbons (Fsp3) is 0.667. The van der Waals surface area contributed by atoms with E-state index in [0.717, 1.165) is 44.0 Å². The topological polar surface area (TPSA) is 95.1 Å². The fourth-order valence-electron chi connectivity index (χ4n) is 3.42. The van der Waals surface area contributed by atoms with Gasteiger partial charge in [0.1, 0.15) is 0 Å². The zero-order valence-electron chi connectivity index (χ0n) is 18.6. The third-order valence-corrected chi connectivity index (χ3v) is 6.63. The maximum absolute atomic E-state index is 12.4. The lowest BCUT2D eigenvalue weighted by Gasteiger charge is -2.35. The number of ether oxygens (including phenoxy) is 1. The number of hydrogen-bond acceptors (Lipinski definition) is 5. The number of nitrogens with zero attached hydrogens (tertiary/aromatic N) is 2.